The monoisotopic (exact) mass is 176 g/mol. The highest BCUT2D eigenvalue weighted by atomic mass is 16.1. The van der Waals surface area contributed by atoms with Crippen molar-refractivity contribution in [1.82, 2.24) is 0 Å². The summed E-state index contributed by atoms with van der Waals surface area (Å²) in [5.74, 6) is 1.61. The third-order valence-corrected chi connectivity index (χ3v) is 4.72. The maximum Gasteiger partial charge on any atom is 0.137 e. The van der Waals surface area contributed by atoms with Crippen molar-refractivity contribution in [2.24, 2.45) is 17.3 Å². The Morgan fingerprint density at radius 1 is 1.38 bits per heavy atom. The lowest BCUT2D eigenvalue weighted by molar-refractivity contribution is -0.121. The van der Waals surface area contributed by atoms with Crippen LogP contribution in [0.5, 0.6) is 0 Å². The van der Waals surface area contributed by atoms with Gasteiger partial charge in [0.2, 0.25) is 0 Å². The highest BCUT2D eigenvalue weighted by Gasteiger charge is 2.60. The summed E-state index contributed by atoms with van der Waals surface area (Å²) >= 11 is 0. The van der Waals surface area contributed by atoms with Crippen molar-refractivity contribution in [3.8, 4) is 0 Å². The normalized spacial score (nSPS) is 48.3. The molecule has 3 aliphatic rings. The van der Waals surface area contributed by atoms with Gasteiger partial charge in [-0.05, 0) is 31.6 Å². The lowest BCUT2D eigenvalue weighted by Crippen LogP contribution is -2.25. The molecule has 0 unspecified atom stereocenters. The largest absolute Gasteiger partial charge is 0.299 e. The molecule has 0 saturated heterocycles. The summed E-state index contributed by atoms with van der Waals surface area (Å²) in [6.45, 7) is 4.21. The van der Waals surface area contributed by atoms with Crippen LogP contribution in [0, 0.1) is 17.3 Å². The first-order chi connectivity index (χ1) is 6.25. The van der Waals surface area contributed by atoms with Crippen molar-refractivity contribution in [1.29, 1.82) is 0 Å². The number of carbonyl (C=O) groups excluding carboxylic acids is 1. The molecule has 0 aliphatic heterocycles. The van der Waals surface area contributed by atoms with Gasteiger partial charge in [-0.2, -0.15) is 0 Å². The second kappa shape index (κ2) is 2.26. The fourth-order valence-corrected chi connectivity index (χ4v) is 4.20. The van der Waals surface area contributed by atoms with E-state index in [0.717, 1.165) is 19.3 Å². The minimum Gasteiger partial charge on any atom is -0.299 e. The average Bonchev–Trinajstić information content (AvgIpc) is 2.67. The van der Waals surface area contributed by atoms with Gasteiger partial charge in [0.05, 0.1) is 0 Å². The number of carbonyl (C=O) groups is 1. The molecule has 0 radical (unpaired) electrons. The molecule has 70 valence electrons. The van der Waals surface area contributed by atoms with Gasteiger partial charge in [0.15, 0.2) is 0 Å². The molecule has 13 heavy (non-hydrogen) atoms. The average molecular weight is 176 g/mol. The Hall–Kier alpha value is -0.590. The highest BCUT2D eigenvalue weighted by Crippen LogP contribution is 2.65. The number of allylic oxidation sites excluding steroid dienone is 1. The van der Waals surface area contributed by atoms with Gasteiger partial charge < -0.3 is 0 Å². The molecule has 0 bridgehead atoms. The van der Waals surface area contributed by atoms with Crippen molar-refractivity contribution in [2.75, 3.05) is 0 Å². The van der Waals surface area contributed by atoms with Gasteiger partial charge in [-0.15, -0.1) is 0 Å². The van der Waals surface area contributed by atoms with Crippen molar-refractivity contribution >= 4 is 5.78 Å². The molecule has 1 heteroatoms. The maximum atomic E-state index is 11.8. The quantitative estimate of drug-likeness (QED) is 0.519. The second-order valence-corrected chi connectivity index (χ2v) is 4.99. The molecule has 1 spiro atoms. The van der Waals surface area contributed by atoms with E-state index in [-0.39, 0.29) is 0 Å². The minimum atomic E-state index is 0.303. The standard InChI is InChI=1S/C12H16O/c1-8-4-5-10-11(13)7-9-3-2-6-12(8,9)10/h9-10H,1-7H2/t9-,10-,12+/m0/s1. The SMILES string of the molecule is C=C1CC[C@H]2C(=O)C[C@@H]3CCC[C@@]132. The predicted octanol–water partition coefficient (Wildman–Crippen LogP) is 2.71. The number of hydrogen-bond acceptors (Lipinski definition) is 1. The third kappa shape index (κ3) is 0.722. The molecular formula is C12H16O. The zero-order valence-corrected chi connectivity index (χ0v) is 8.01. The molecule has 0 aromatic carbocycles. The Bertz CT molecular complexity index is 291. The summed E-state index contributed by atoms with van der Waals surface area (Å²) in [4.78, 5) is 11.8. The molecule has 0 aromatic rings. The van der Waals surface area contributed by atoms with E-state index in [1.165, 1.54) is 24.8 Å². The summed E-state index contributed by atoms with van der Waals surface area (Å²) in [7, 11) is 0. The first kappa shape index (κ1) is 7.78. The molecule has 0 heterocycles. The van der Waals surface area contributed by atoms with Crippen LogP contribution in [-0.4, -0.2) is 5.78 Å². The van der Waals surface area contributed by atoms with Crippen molar-refractivity contribution in [3.05, 3.63) is 12.2 Å². The Labute approximate surface area is 79.2 Å². The first-order valence-electron chi connectivity index (χ1n) is 5.46. The zero-order chi connectivity index (χ0) is 9.05. The number of ketones is 1. The van der Waals surface area contributed by atoms with Gasteiger partial charge in [-0.25, -0.2) is 0 Å². The molecular weight excluding hydrogens is 160 g/mol. The van der Waals surface area contributed by atoms with Gasteiger partial charge in [-0.3, -0.25) is 4.79 Å². The summed E-state index contributed by atoms with van der Waals surface area (Å²) < 4.78 is 0. The molecule has 1 nitrogen and oxygen atoms in total. The van der Waals surface area contributed by atoms with Gasteiger partial charge in [-0.1, -0.05) is 18.6 Å². The Morgan fingerprint density at radius 3 is 3.08 bits per heavy atom. The van der Waals surface area contributed by atoms with Crippen molar-refractivity contribution in [2.45, 2.75) is 38.5 Å². The van der Waals surface area contributed by atoms with Gasteiger partial charge in [0.1, 0.15) is 5.78 Å². The third-order valence-electron chi connectivity index (χ3n) is 4.72. The van der Waals surface area contributed by atoms with Crippen LogP contribution in [0.1, 0.15) is 38.5 Å². The number of hydrogen-bond donors (Lipinski definition) is 0. The zero-order valence-electron chi connectivity index (χ0n) is 8.01. The lowest BCUT2D eigenvalue weighted by Gasteiger charge is -2.29. The van der Waals surface area contributed by atoms with Crippen LogP contribution in [0.15, 0.2) is 12.2 Å². The lowest BCUT2D eigenvalue weighted by atomic mass is 9.73. The summed E-state index contributed by atoms with van der Waals surface area (Å²) in [6.07, 6.45) is 6.95. The smallest absolute Gasteiger partial charge is 0.137 e. The molecule has 0 N–H and O–H groups in total. The van der Waals surface area contributed by atoms with Crippen LogP contribution in [0.4, 0.5) is 0 Å². The van der Waals surface area contributed by atoms with Crippen LogP contribution in [-0.2, 0) is 4.79 Å². The van der Waals surface area contributed by atoms with Gasteiger partial charge in [0, 0.05) is 17.8 Å². The highest BCUT2D eigenvalue weighted by molar-refractivity contribution is 5.86. The van der Waals surface area contributed by atoms with E-state index >= 15 is 0 Å². The van der Waals surface area contributed by atoms with E-state index in [9.17, 15) is 4.79 Å². The molecule has 0 amide bonds. The van der Waals surface area contributed by atoms with E-state index < -0.39 is 0 Å². The second-order valence-electron chi connectivity index (χ2n) is 4.99. The van der Waals surface area contributed by atoms with E-state index in [4.69, 9.17) is 0 Å². The Kier molecular flexibility index (Phi) is 1.35. The first-order valence-corrected chi connectivity index (χ1v) is 5.46. The van der Waals surface area contributed by atoms with Gasteiger partial charge in [0.25, 0.3) is 0 Å². The van der Waals surface area contributed by atoms with Crippen LogP contribution >= 0.6 is 0 Å². The van der Waals surface area contributed by atoms with E-state index in [1.807, 2.05) is 0 Å². The summed E-state index contributed by atoms with van der Waals surface area (Å²) in [5.41, 5.74) is 1.71. The fraction of sp³-hybridized carbons (Fsp3) is 0.750. The molecule has 3 aliphatic carbocycles. The van der Waals surface area contributed by atoms with Crippen LogP contribution < -0.4 is 0 Å². The topological polar surface area (TPSA) is 17.1 Å². The number of rotatable bonds is 0. The number of Topliss-reactive ketones (excluding diaryl/α,β-unsaturated/α-hetero) is 1. The van der Waals surface area contributed by atoms with E-state index in [2.05, 4.69) is 6.58 Å². The van der Waals surface area contributed by atoms with Crippen molar-refractivity contribution < 1.29 is 4.79 Å². The molecule has 3 rings (SSSR count). The van der Waals surface area contributed by atoms with Crippen LogP contribution in [0.2, 0.25) is 0 Å². The fourth-order valence-electron chi connectivity index (χ4n) is 4.20. The van der Waals surface area contributed by atoms with Gasteiger partial charge >= 0.3 is 0 Å². The van der Waals surface area contributed by atoms with Crippen LogP contribution in [0.3, 0.4) is 0 Å². The maximum absolute atomic E-state index is 11.8. The van der Waals surface area contributed by atoms with Crippen molar-refractivity contribution in [3.63, 3.8) is 0 Å². The molecule has 0 aromatic heterocycles. The predicted molar refractivity (Wildman–Crippen MR) is 51.3 cm³/mol. The molecule has 3 atom stereocenters. The van der Waals surface area contributed by atoms with Crippen LogP contribution in [0.25, 0.3) is 0 Å². The van der Waals surface area contributed by atoms with E-state index in [1.54, 1.807) is 0 Å². The Morgan fingerprint density at radius 2 is 2.23 bits per heavy atom. The summed E-state index contributed by atoms with van der Waals surface area (Å²) in [6, 6.07) is 0. The van der Waals surface area contributed by atoms with E-state index in [0.29, 0.717) is 23.0 Å². The minimum absolute atomic E-state index is 0.303. The molecule has 3 fully saturated rings. The summed E-state index contributed by atoms with van der Waals surface area (Å²) in [5, 5.41) is 0. The Balaban J connectivity index is 2.10. The molecule has 3 saturated carbocycles.